The normalized spacial score (nSPS) is 13.0. The number of allylic oxidation sites excluding steroid dienone is 1. The molecule has 0 unspecified atom stereocenters. The minimum Gasteiger partial charge on any atom is -0.452 e. The van der Waals surface area contributed by atoms with Gasteiger partial charge in [0, 0.05) is 17.5 Å². The maximum absolute atomic E-state index is 12.6. The van der Waals surface area contributed by atoms with Gasteiger partial charge in [-0.05, 0) is 24.1 Å². The summed E-state index contributed by atoms with van der Waals surface area (Å²) in [6.07, 6.45) is 2.15. The minimum absolute atomic E-state index is 0.0206. The number of anilines is 1. The summed E-state index contributed by atoms with van der Waals surface area (Å²) in [6.45, 7) is 0. The fraction of sp³-hybridized carbons (Fsp3) is 0.158. The smallest absolute Gasteiger partial charge is 0.418 e. The summed E-state index contributed by atoms with van der Waals surface area (Å²) in [4.78, 5) is 27.4. The third kappa shape index (κ3) is 3.51. The molecule has 2 aromatic carbocycles. The number of hydrogen-bond acceptors (Lipinski definition) is 4. The van der Waals surface area contributed by atoms with E-state index in [0.29, 0.717) is 17.7 Å². The maximum atomic E-state index is 12.6. The molecule has 24 heavy (non-hydrogen) atoms. The number of thioether (sulfide) groups is 1. The summed E-state index contributed by atoms with van der Waals surface area (Å²) in [5.41, 5.74) is 1.85. The Morgan fingerprint density at radius 2 is 1.75 bits per heavy atom. The average molecular weight is 339 g/mol. The first kappa shape index (κ1) is 16.3. The van der Waals surface area contributed by atoms with Crippen molar-refractivity contribution in [2.45, 2.75) is 17.7 Å². The first-order chi connectivity index (χ1) is 11.7. The summed E-state index contributed by atoms with van der Waals surface area (Å²) in [5, 5.41) is 0. The summed E-state index contributed by atoms with van der Waals surface area (Å²) in [6, 6.07) is 17.4. The van der Waals surface area contributed by atoms with E-state index in [-0.39, 0.29) is 5.78 Å². The van der Waals surface area contributed by atoms with Gasteiger partial charge in [-0.3, -0.25) is 9.69 Å². The van der Waals surface area contributed by atoms with E-state index in [2.05, 4.69) is 0 Å². The van der Waals surface area contributed by atoms with E-state index >= 15 is 0 Å². The molecule has 0 saturated carbocycles. The van der Waals surface area contributed by atoms with Gasteiger partial charge in [0.25, 0.3) is 0 Å². The fourth-order valence-corrected chi connectivity index (χ4v) is 3.51. The lowest BCUT2D eigenvalue weighted by Gasteiger charge is -2.25. The molecule has 0 N–H and O–H groups in total. The van der Waals surface area contributed by atoms with Gasteiger partial charge in [-0.2, -0.15) is 0 Å². The number of ether oxygens (including phenoxy) is 1. The lowest BCUT2D eigenvalue weighted by Crippen LogP contribution is -2.28. The molecule has 4 nitrogen and oxygen atoms in total. The van der Waals surface area contributed by atoms with Crippen LogP contribution in [-0.2, 0) is 16.0 Å². The van der Waals surface area contributed by atoms with E-state index in [0.717, 1.165) is 16.1 Å². The Bertz CT molecular complexity index is 786. The van der Waals surface area contributed by atoms with Crippen molar-refractivity contribution in [3.8, 4) is 0 Å². The number of hydrogen-bond donors (Lipinski definition) is 0. The van der Waals surface area contributed by atoms with Crippen LogP contribution >= 0.6 is 11.8 Å². The van der Waals surface area contributed by atoms with Crippen LogP contribution in [0.5, 0.6) is 0 Å². The van der Waals surface area contributed by atoms with Crippen LogP contribution in [0.4, 0.5) is 10.5 Å². The van der Waals surface area contributed by atoms with Crippen LogP contribution in [0.2, 0.25) is 0 Å². The Balaban J connectivity index is 1.79. The standard InChI is InChI=1S/C19H17NO3S/c1-23-19(22)20-13-18(24-17-10-6-5-9-15(17)20)16(21)12-11-14-7-3-2-4-8-14/h2-10,13H,11-12H2,1H3. The fourth-order valence-electron chi connectivity index (χ4n) is 2.48. The number of benzene rings is 2. The van der Waals surface area contributed by atoms with Crippen molar-refractivity contribution in [3.63, 3.8) is 0 Å². The van der Waals surface area contributed by atoms with Crippen molar-refractivity contribution < 1.29 is 14.3 Å². The van der Waals surface area contributed by atoms with Crippen molar-refractivity contribution in [1.82, 2.24) is 0 Å². The van der Waals surface area contributed by atoms with E-state index in [1.54, 1.807) is 6.20 Å². The minimum atomic E-state index is -0.504. The molecule has 2 aromatic rings. The second-order valence-electron chi connectivity index (χ2n) is 5.31. The zero-order valence-electron chi connectivity index (χ0n) is 13.3. The van der Waals surface area contributed by atoms with Gasteiger partial charge in [0.2, 0.25) is 0 Å². The van der Waals surface area contributed by atoms with Crippen LogP contribution in [-0.4, -0.2) is 19.0 Å². The Morgan fingerprint density at radius 3 is 2.50 bits per heavy atom. The third-order valence-electron chi connectivity index (χ3n) is 3.72. The predicted molar refractivity (Wildman–Crippen MR) is 95.0 cm³/mol. The highest BCUT2D eigenvalue weighted by molar-refractivity contribution is 8.04. The molecular formula is C19H17NO3S. The van der Waals surface area contributed by atoms with Crippen LogP contribution < -0.4 is 4.90 Å². The van der Waals surface area contributed by atoms with Crippen molar-refractivity contribution >= 4 is 29.3 Å². The van der Waals surface area contributed by atoms with Crippen molar-refractivity contribution in [1.29, 1.82) is 0 Å². The number of fused-ring (bicyclic) bond motifs is 1. The summed E-state index contributed by atoms with van der Waals surface area (Å²) in [5.74, 6) is 0.0206. The molecular weight excluding hydrogens is 322 g/mol. The lowest BCUT2D eigenvalue weighted by atomic mass is 10.1. The van der Waals surface area contributed by atoms with Crippen molar-refractivity contribution in [2.75, 3.05) is 12.0 Å². The van der Waals surface area contributed by atoms with Crippen LogP contribution in [0.3, 0.4) is 0 Å². The van der Waals surface area contributed by atoms with Crippen molar-refractivity contribution in [3.05, 3.63) is 71.3 Å². The molecule has 0 radical (unpaired) electrons. The number of para-hydroxylation sites is 1. The number of carbonyl (C=O) groups is 2. The van der Waals surface area contributed by atoms with Gasteiger partial charge in [-0.25, -0.2) is 4.79 Å². The van der Waals surface area contributed by atoms with Gasteiger partial charge in [0.15, 0.2) is 5.78 Å². The number of ketones is 1. The molecule has 5 heteroatoms. The Kier molecular flexibility index (Phi) is 5.01. The summed E-state index contributed by atoms with van der Waals surface area (Å²) in [7, 11) is 1.33. The van der Waals surface area contributed by atoms with E-state index in [9.17, 15) is 9.59 Å². The van der Waals surface area contributed by atoms with E-state index in [1.807, 2.05) is 54.6 Å². The number of nitrogens with zero attached hydrogens (tertiary/aromatic N) is 1. The van der Waals surface area contributed by atoms with Gasteiger partial charge in [0.1, 0.15) is 0 Å². The Hall–Kier alpha value is -2.53. The number of Topliss-reactive ketones (excluding diaryl/α,β-unsaturated/α-hetero) is 1. The first-order valence-electron chi connectivity index (χ1n) is 7.62. The predicted octanol–water partition coefficient (Wildman–Crippen LogP) is 4.41. The molecule has 0 bridgehead atoms. The number of carbonyl (C=O) groups excluding carboxylic acids is 2. The first-order valence-corrected chi connectivity index (χ1v) is 8.43. The highest BCUT2D eigenvalue weighted by Crippen LogP contribution is 2.40. The van der Waals surface area contributed by atoms with E-state index in [1.165, 1.54) is 23.8 Å². The van der Waals surface area contributed by atoms with Crippen LogP contribution in [0.25, 0.3) is 0 Å². The largest absolute Gasteiger partial charge is 0.452 e. The SMILES string of the molecule is COC(=O)N1C=C(C(=O)CCc2ccccc2)Sc2ccccc21. The molecule has 1 aliphatic rings. The average Bonchev–Trinajstić information content (AvgIpc) is 2.65. The summed E-state index contributed by atoms with van der Waals surface area (Å²) < 4.78 is 4.83. The Morgan fingerprint density at radius 1 is 1.04 bits per heavy atom. The second kappa shape index (κ2) is 7.36. The zero-order valence-corrected chi connectivity index (χ0v) is 14.1. The maximum Gasteiger partial charge on any atom is 0.418 e. The highest BCUT2D eigenvalue weighted by atomic mass is 32.2. The van der Waals surface area contributed by atoms with Crippen LogP contribution in [0, 0.1) is 0 Å². The molecule has 0 spiro atoms. The van der Waals surface area contributed by atoms with Crippen LogP contribution in [0.15, 0.2) is 70.6 Å². The second-order valence-corrected chi connectivity index (χ2v) is 6.40. The van der Waals surface area contributed by atoms with Crippen LogP contribution in [0.1, 0.15) is 12.0 Å². The Labute approximate surface area is 145 Å². The van der Waals surface area contributed by atoms with Gasteiger partial charge < -0.3 is 4.74 Å². The van der Waals surface area contributed by atoms with E-state index in [4.69, 9.17) is 4.74 Å². The number of aryl methyl sites for hydroxylation is 1. The van der Waals surface area contributed by atoms with Gasteiger partial charge in [-0.1, -0.05) is 54.2 Å². The monoisotopic (exact) mass is 339 g/mol. The molecule has 3 rings (SSSR count). The number of rotatable bonds is 4. The highest BCUT2D eigenvalue weighted by Gasteiger charge is 2.26. The zero-order chi connectivity index (χ0) is 16.9. The lowest BCUT2D eigenvalue weighted by molar-refractivity contribution is -0.114. The number of amides is 1. The van der Waals surface area contributed by atoms with Crippen molar-refractivity contribution in [2.24, 2.45) is 0 Å². The van der Waals surface area contributed by atoms with Gasteiger partial charge >= 0.3 is 6.09 Å². The molecule has 0 aromatic heterocycles. The molecule has 1 heterocycles. The van der Waals surface area contributed by atoms with Gasteiger partial charge in [-0.15, -0.1) is 0 Å². The molecule has 122 valence electrons. The molecule has 0 aliphatic carbocycles. The van der Waals surface area contributed by atoms with E-state index < -0.39 is 6.09 Å². The summed E-state index contributed by atoms with van der Waals surface area (Å²) >= 11 is 1.39. The third-order valence-corrected chi connectivity index (χ3v) is 4.84. The molecule has 0 fully saturated rings. The molecule has 0 atom stereocenters. The molecule has 1 amide bonds. The molecule has 1 aliphatic heterocycles. The van der Waals surface area contributed by atoms with Gasteiger partial charge in [0.05, 0.1) is 17.7 Å². The quantitative estimate of drug-likeness (QED) is 0.828. The molecule has 0 saturated heterocycles. The topological polar surface area (TPSA) is 46.6 Å². The number of methoxy groups -OCH3 is 1.